The molecular formula is C23H26N4O2. The van der Waals surface area contributed by atoms with Gasteiger partial charge in [-0.15, -0.1) is 10.2 Å². The van der Waals surface area contributed by atoms with Gasteiger partial charge >= 0.3 is 0 Å². The normalized spacial score (nSPS) is 13.5. The molecule has 6 nitrogen and oxygen atoms in total. The molecule has 0 saturated carbocycles. The van der Waals surface area contributed by atoms with Crippen molar-refractivity contribution < 1.29 is 9.53 Å². The number of amides is 1. The molecule has 2 aromatic carbocycles. The highest BCUT2D eigenvalue weighted by Crippen LogP contribution is 2.27. The lowest BCUT2D eigenvalue weighted by atomic mass is 10.1. The second-order valence-electron chi connectivity index (χ2n) is 7.57. The third-order valence-corrected chi connectivity index (χ3v) is 5.52. The van der Waals surface area contributed by atoms with Crippen molar-refractivity contribution in [3.05, 3.63) is 58.9 Å². The number of aromatic nitrogens is 3. The van der Waals surface area contributed by atoms with Crippen molar-refractivity contribution in [3.63, 3.8) is 0 Å². The Hall–Kier alpha value is -3.15. The van der Waals surface area contributed by atoms with Crippen LogP contribution in [0.5, 0.6) is 5.75 Å². The van der Waals surface area contributed by atoms with E-state index in [1.54, 1.807) is 13.2 Å². The van der Waals surface area contributed by atoms with Crippen molar-refractivity contribution in [3.8, 4) is 17.1 Å². The first-order chi connectivity index (χ1) is 14.1. The lowest BCUT2D eigenvalue weighted by Gasteiger charge is -2.13. The van der Waals surface area contributed by atoms with Gasteiger partial charge < -0.3 is 14.6 Å². The summed E-state index contributed by atoms with van der Waals surface area (Å²) in [5.74, 6) is 2.46. The number of benzene rings is 2. The molecule has 0 radical (unpaired) electrons. The minimum absolute atomic E-state index is 0.163. The molecule has 0 atom stereocenters. The van der Waals surface area contributed by atoms with Crippen LogP contribution in [-0.4, -0.2) is 27.8 Å². The van der Waals surface area contributed by atoms with E-state index >= 15 is 0 Å². The molecule has 0 fully saturated rings. The van der Waals surface area contributed by atoms with Gasteiger partial charge in [0.05, 0.1) is 7.11 Å². The number of carbonyl (C=O) groups is 1. The molecule has 1 aliphatic rings. The largest absolute Gasteiger partial charge is 0.496 e. The lowest BCUT2D eigenvalue weighted by molar-refractivity contribution is 0.102. The predicted molar refractivity (Wildman–Crippen MR) is 113 cm³/mol. The number of carbonyl (C=O) groups excluding carboxylic acids is 1. The maximum Gasteiger partial charge on any atom is 0.255 e. The standard InChI is InChI=1S/C23H26N4O2/c1-15-8-10-17(22-26-25-21-7-5-4-6-12-27(21)22)13-19(15)24-23(28)18-11-9-16(2)20(14-18)29-3/h8-11,13-14H,4-7,12H2,1-3H3,(H,24,28). The van der Waals surface area contributed by atoms with Gasteiger partial charge in [-0.3, -0.25) is 4.79 Å². The molecule has 0 aliphatic carbocycles. The van der Waals surface area contributed by atoms with Crippen molar-refractivity contribution in [2.45, 2.75) is 46.1 Å². The summed E-state index contributed by atoms with van der Waals surface area (Å²) >= 11 is 0. The Kier molecular flexibility index (Phi) is 5.34. The van der Waals surface area contributed by atoms with Crippen LogP contribution >= 0.6 is 0 Å². The number of methoxy groups -OCH3 is 1. The molecule has 1 N–H and O–H groups in total. The van der Waals surface area contributed by atoms with Gasteiger partial charge in [-0.2, -0.15) is 0 Å². The van der Waals surface area contributed by atoms with Gasteiger partial charge in [0.1, 0.15) is 11.6 Å². The minimum atomic E-state index is -0.163. The molecule has 6 heteroatoms. The van der Waals surface area contributed by atoms with Crippen LogP contribution in [0, 0.1) is 13.8 Å². The summed E-state index contributed by atoms with van der Waals surface area (Å²) in [7, 11) is 1.61. The molecule has 0 saturated heterocycles. The summed E-state index contributed by atoms with van der Waals surface area (Å²) in [5.41, 5.74) is 4.30. The van der Waals surface area contributed by atoms with E-state index in [4.69, 9.17) is 4.74 Å². The summed E-state index contributed by atoms with van der Waals surface area (Å²) in [6.07, 6.45) is 4.49. The second kappa shape index (κ2) is 8.07. The molecule has 0 unspecified atom stereocenters. The van der Waals surface area contributed by atoms with E-state index in [0.29, 0.717) is 11.3 Å². The van der Waals surface area contributed by atoms with Crippen molar-refractivity contribution in [1.29, 1.82) is 0 Å². The summed E-state index contributed by atoms with van der Waals surface area (Å²) < 4.78 is 7.56. The Morgan fingerprint density at radius 2 is 1.86 bits per heavy atom. The summed E-state index contributed by atoms with van der Waals surface area (Å²) in [6.45, 7) is 4.88. The molecule has 29 heavy (non-hydrogen) atoms. The fourth-order valence-corrected chi connectivity index (χ4v) is 3.75. The molecular weight excluding hydrogens is 364 g/mol. The van der Waals surface area contributed by atoms with Crippen molar-refractivity contribution >= 4 is 11.6 Å². The molecule has 1 aromatic heterocycles. The zero-order valence-electron chi connectivity index (χ0n) is 17.2. The Labute approximate surface area is 170 Å². The topological polar surface area (TPSA) is 69.0 Å². The van der Waals surface area contributed by atoms with E-state index in [1.165, 1.54) is 6.42 Å². The summed E-state index contributed by atoms with van der Waals surface area (Å²) in [5, 5.41) is 11.9. The maximum atomic E-state index is 12.8. The van der Waals surface area contributed by atoms with Crippen molar-refractivity contribution in [2.75, 3.05) is 12.4 Å². The van der Waals surface area contributed by atoms with Gasteiger partial charge in [-0.05, 0) is 56.0 Å². The molecule has 4 rings (SSSR count). The number of nitrogens with one attached hydrogen (secondary N) is 1. The first kappa shape index (κ1) is 19.2. The van der Waals surface area contributed by atoms with Gasteiger partial charge in [-0.1, -0.05) is 24.6 Å². The SMILES string of the molecule is COc1cc(C(=O)Nc2cc(-c3nnc4n3CCCCC4)ccc2C)ccc1C. The third kappa shape index (κ3) is 3.88. The summed E-state index contributed by atoms with van der Waals surface area (Å²) in [6, 6.07) is 11.5. The third-order valence-electron chi connectivity index (χ3n) is 5.52. The number of fused-ring (bicyclic) bond motifs is 1. The average molecular weight is 390 g/mol. The number of hydrogen-bond acceptors (Lipinski definition) is 4. The molecule has 1 aliphatic heterocycles. The first-order valence-electron chi connectivity index (χ1n) is 10.1. The average Bonchev–Trinajstić information content (AvgIpc) is 2.98. The van der Waals surface area contributed by atoms with Crippen LogP contribution in [0.4, 0.5) is 5.69 Å². The molecule has 1 amide bonds. The molecule has 3 aromatic rings. The van der Waals surface area contributed by atoms with E-state index in [1.807, 2.05) is 44.2 Å². The van der Waals surface area contributed by atoms with Crippen LogP contribution in [0.15, 0.2) is 36.4 Å². The minimum Gasteiger partial charge on any atom is -0.496 e. The van der Waals surface area contributed by atoms with E-state index in [0.717, 1.165) is 59.8 Å². The van der Waals surface area contributed by atoms with Gasteiger partial charge in [0, 0.05) is 29.8 Å². The van der Waals surface area contributed by atoms with Crippen LogP contribution < -0.4 is 10.1 Å². The van der Waals surface area contributed by atoms with E-state index in [-0.39, 0.29) is 5.91 Å². The number of hydrogen-bond donors (Lipinski definition) is 1. The van der Waals surface area contributed by atoms with Gasteiger partial charge in [-0.25, -0.2) is 0 Å². The summed E-state index contributed by atoms with van der Waals surface area (Å²) in [4.78, 5) is 12.8. The molecule has 2 heterocycles. The Morgan fingerprint density at radius 3 is 2.69 bits per heavy atom. The van der Waals surface area contributed by atoms with E-state index in [9.17, 15) is 4.79 Å². The Bertz CT molecular complexity index is 1060. The quantitative estimate of drug-likeness (QED) is 0.710. The van der Waals surface area contributed by atoms with Crippen LogP contribution in [0.3, 0.4) is 0 Å². The number of aryl methyl sites for hydroxylation is 3. The zero-order chi connectivity index (χ0) is 20.4. The van der Waals surface area contributed by atoms with Crippen molar-refractivity contribution in [2.24, 2.45) is 0 Å². The molecule has 0 bridgehead atoms. The predicted octanol–water partition coefficient (Wildman–Crippen LogP) is 4.55. The molecule has 0 spiro atoms. The monoisotopic (exact) mass is 390 g/mol. The number of nitrogens with zero attached hydrogens (tertiary/aromatic N) is 3. The lowest BCUT2D eigenvalue weighted by Crippen LogP contribution is -2.13. The highest BCUT2D eigenvalue weighted by molar-refractivity contribution is 6.05. The highest BCUT2D eigenvalue weighted by atomic mass is 16.5. The Morgan fingerprint density at radius 1 is 1.03 bits per heavy atom. The van der Waals surface area contributed by atoms with Crippen LogP contribution in [0.2, 0.25) is 0 Å². The Balaban J connectivity index is 1.63. The van der Waals surface area contributed by atoms with Crippen LogP contribution in [0.1, 0.15) is 46.6 Å². The second-order valence-corrected chi connectivity index (χ2v) is 7.57. The highest BCUT2D eigenvalue weighted by Gasteiger charge is 2.17. The van der Waals surface area contributed by atoms with Crippen molar-refractivity contribution in [1.82, 2.24) is 14.8 Å². The number of ether oxygens (including phenoxy) is 1. The van der Waals surface area contributed by atoms with E-state index < -0.39 is 0 Å². The fraction of sp³-hybridized carbons (Fsp3) is 0.348. The first-order valence-corrected chi connectivity index (χ1v) is 10.1. The zero-order valence-corrected chi connectivity index (χ0v) is 17.2. The van der Waals surface area contributed by atoms with Crippen LogP contribution in [0.25, 0.3) is 11.4 Å². The van der Waals surface area contributed by atoms with Gasteiger partial charge in [0.2, 0.25) is 0 Å². The van der Waals surface area contributed by atoms with E-state index in [2.05, 4.69) is 20.1 Å². The van der Waals surface area contributed by atoms with Gasteiger partial charge in [0.15, 0.2) is 5.82 Å². The number of rotatable bonds is 4. The van der Waals surface area contributed by atoms with Gasteiger partial charge in [0.25, 0.3) is 5.91 Å². The fourth-order valence-electron chi connectivity index (χ4n) is 3.75. The maximum absolute atomic E-state index is 12.8. The number of anilines is 1. The molecule has 150 valence electrons. The van der Waals surface area contributed by atoms with Crippen LogP contribution in [-0.2, 0) is 13.0 Å². The smallest absolute Gasteiger partial charge is 0.255 e.